The number of rotatable bonds is 6. The summed E-state index contributed by atoms with van der Waals surface area (Å²) in [6, 6.07) is 9.26. The molecule has 0 aliphatic rings. The minimum atomic E-state index is -0.135. The van der Waals surface area contributed by atoms with Gasteiger partial charge in [0, 0.05) is 20.7 Å². The predicted octanol–water partition coefficient (Wildman–Crippen LogP) is 5.17. The lowest BCUT2D eigenvalue weighted by atomic mass is 10.1. The number of thioether (sulfide) groups is 1. The normalized spacial score (nSPS) is 12.1. The van der Waals surface area contributed by atoms with Gasteiger partial charge in [0.15, 0.2) is 0 Å². The lowest BCUT2D eigenvalue weighted by Gasteiger charge is -2.15. The average molecular weight is 360 g/mol. The fraction of sp³-hybridized carbons (Fsp3) is 0.267. The molecule has 1 aromatic carbocycles. The highest BCUT2D eigenvalue weighted by atomic mass is 35.5. The Morgan fingerprint density at radius 3 is 2.86 bits per heavy atom. The van der Waals surface area contributed by atoms with Crippen LogP contribution in [0, 0.1) is 0 Å². The van der Waals surface area contributed by atoms with E-state index in [2.05, 4.69) is 11.4 Å². The van der Waals surface area contributed by atoms with Crippen LogP contribution in [0.15, 0.2) is 35.7 Å². The zero-order chi connectivity index (χ0) is 15.2. The molecule has 0 spiro atoms. The topological polar surface area (TPSA) is 29.1 Å². The van der Waals surface area contributed by atoms with Crippen molar-refractivity contribution in [2.45, 2.75) is 18.7 Å². The van der Waals surface area contributed by atoms with Gasteiger partial charge in [0.25, 0.3) is 0 Å². The number of thiophene rings is 1. The minimum Gasteiger partial charge on any atom is -0.349 e. The van der Waals surface area contributed by atoms with Gasteiger partial charge in [-0.15, -0.1) is 23.1 Å². The van der Waals surface area contributed by atoms with Gasteiger partial charge in [0.2, 0.25) is 5.91 Å². The number of hydrogen-bond acceptors (Lipinski definition) is 3. The van der Waals surface area contributed by atoms with Gasteiger partial charge in [0.1, 0.15) is 0 Å². The van der Waals surface area contributed by atoms with E-state index in [0.717, 1.165) is 11.3 Å². The first-order chi connectivity index (χ1) is 10.1. The molecule has 0 radical (unpaired) electrons. The third-order valence-electron chi connectivity index (χ3n) is 2.86. The fourth-order valence-corrected chi connectivity index (χ4v) is 4.10. The van der Waals surface area contributed by atoms with Gasteiger partial charge in [-0.2, -0.15) is 0 Å². The molecule has 1 heterocycles. The molecule has 0 fully saturated rings. The first kappa shape index (κ1) is 16.7. The number of nitrogens with one attached hydrogen (secondary N) is 1. The molecule has 0 aliphatic heterocycles. The summed E-state index contributed by atoms with van der Waals surface area (Å²) in [6.07, 6.45) is 0. The first-order valence-electron chi connectivity index (χ1n) is 6.40. The van der Waals surface area contributed by atoms with Crippen LogP contribution in [0.4, 0.5) is 0 Å². The van der Waals surface area contributed by atoms with Gasteiger partial charge in [0.05, 0.1) is 11.8 Å². The van der Waals surface area contributed by atoms with Crippen molar-refractivity contribution in [3.63, 3.8) is 0 Å². The van der Waals surface area contributed by atoms with E-state index in [1.807, 2.05) is 24.4 Å². The van der Waals surface area contributed by atoms with Crippen LogP contribution in [0.5, 0.6) is 0 Å². The number of halogens is 2. The van der Waals surface area contributed by atoms with Crippen molar-refractivity contribution >= 4 is 52.2 Å². The fourth-order valence-electron chi connectivity index (χ4n) is 1.85. The zero-order valence-corrected chi connectivity index (χ0v) is 14.6. The van der Waals surface area contributed by atoms with Crippen molar-refractivity contribution in [2.24, 2.45) is 0 Å². The van der Waals surface area contributed by atoms with Crippen molar-refractivity contribution in [1.29, 1.82) is 0 Å². The molecule has 1 N–H and O–H groups in total. The van der Waals surface area contributed by atoms with Gasteiger partial charge in [-0.25, -0.2) is 0 Å². The van der Waals surface area contributed by atoms with Crippen molar-refractivity contribution in [2.75, 3.05) is 5.75 Å². The second-order valence-corrected chi connectivity index (χ2v) is 7.39. The van der Waals surface area contributed by atoms with Crippen LogP contribution in [0.25, 0.3) is 0 Å². The summed E-state index contributed by atoms with van der Waals surface area (Å²) in [5.74, 6) is 1.31. The molecule has 0 bridgehead atoms. The second kappa shape index (κ2) is 8.08. The lowest BCUT2D eigenvalue weighted by Crippen LogP contribution is -2.28. The largest absolute Gasteiger partial charge is 0.349 e. The summed E-state index contributed by atoms with van der Waals surface area (Å²) in [5, 5.41) is 6.16. The van der Waals surface area contributed by atoms with Crippen LogP contribution in [-0.4, -0.2) is 11.7 Å². The minimum absolute atomic E-state index is 0.00933. The Labute approximate surface area is 142 Å². The molecule has 6 heteroatoms. The van der Waals surface area contributed by atoms with Crippen molar-refractivity contribution < 1.29 is 4.79 Å². The molecule has 1 aromatic heterocycles. The molecule has 112 valence electrons. The number of benzene rings is 1. The van der Waals surface area contributed by atoms with Crippen LogP contribution in [0.2, 0.25) is 10.0 Å². The SMILES string of the molecule is CC(NC(=O)CSCc1cccs1)c1ccc(Cl)cc1Cl. The molecular weight excluding hydrogens is 345 g/mol. The predicted molar refractivity (Wildman–Crippen MR) is 93.5 cm³/mol. The Morgan fingerprint density at radius 1 is 1.38 bits per heavy atom. The summed E-state index contributed by atoms with van der Waals surface area (Å²) in [6.45, 7) is 1.91. The number of amides is 1. The van der Waals surface area contributed by atoms with Crippen LogP contribution < -0.4 is 5.32 Å². The second-order valence-electron chi connectivity index (χ2n) is 4.53. The van der Waals surface area contributed by atoms with E-state index < -0.39 is 0 Å². The Hall–Kier alpha value is -0.680. The van der Waals surface area contributed by atoms with Gasteiger partial charge in [-0.3, -0.25) is 4.79 Å². The third-order valence-corrected chi connectivity index (χ3v) is 5.47. The van der Waals surface area contributed by atoms with E-state index in [1.54, 1.807) is 35.2 Å². The maximum Gasteiger partial charge on any atom is 0.230 e. The highest BCUT2D eigenvalue weighted by Gasteiger charge is 2.13. The van der Waals surface area contributed by atoms with Crippen molar-refractivity contribution in [3.8, 4) is 0 Å². The Balaban J connectivity index is 1.81. The van der Waals surface area contributed by atoms with Crippen LogP contribution in [0.3, 0.4) is 0 Å². The van der Waals surface area contributed by atoms with E-state index >= 15 is 0 Å². The highest BCUT2D eigenvalue weighted by Crippen LogP contribution is 2.26. The molecule has 1 unspecified atom stereocenters. The number of hydrogen-bond donors (Lipinski definition) is 1. The van der Waals surface area contributed by atoms with Crippen LogP contribution in [0.1, 0.15) is 23.4 Å². The number of carbonyl (C=O) groups excluding carboxylic acids is 1. The summed E-state index contributed by atoms with van der Waals surface area (Å²) >= 11 is 15.3. The monoisotopic (exact) mass is 359 g/mol. The average Bonchev–Trinajstić information content (AvgIpc) is 2.91. The molecule has 1 amide bonds. The maximum atomic E-state index is 11.9. The Kier molecular flexibility index (Phi) is 6.42. The van der Waals surface area contributed by atoms with E-state index in [-0.39, 0.29) is 11.9 Å². The van der Waals surface area contributed by atoms with E-state index in [1.165, 1.54) is 4.88 Å². The summed E-state index contributed by atoms with van der Waals surface area (Å²) in [4.78, 5) is 13.2. The molecule has 2 aromatic rings. The summed E-state index contributed by atoms with van der Waals surface area (Å²) < 4.78 is 0. The first-order valence-corrected chi connectivity index (χ1v) is 9.19. The Morgan fingerprint density at radius 2 is 2.19 bits per heavy atom. The zero-order valence-electron chi connectivity index (χ0n) is 11.4. The lowest BCUT2D eigenvalue weighted by molar-refractivity contribution is -0.119. The quantitative estimate of drug-likeness (QED) is 0.770. The van der Waals surface area contributed by atoms with Crippen molar-refractivity contribution in [3.05, 3.63) is 56.2 Å². The summed E-state index contributed by atoms with van der Waals surface area (Å²) in [7, 11) is 0. The van der Waals surface area contributed by atoms with Gasteiger partial charge < -0.3 is 5.32 Å². The molecule has 0 aliphatic carbocycles. The smallest absolute Gasteiger partial charge is 0.230 e. The molecule has 0 saturated carbocycles. The van der Waals surface area contributed by atoms with E-state index in [0.29, 0.717) is 15.8 Å². The van der Waals surface area contributed by atoms with E-state index in [4.69, 9.17) is 23.2 Å². The molecule has 1 atom stereocenters. The van der Waals surface area contributed by atoms with Crippen LogP contribution >= 0.6 is 46.3 Å². The molecule has 2 rings (SSSR count). The molecule has 2 nitrogen and oxygen atoms in total. The number of carbonyl (C=O) groups is 1. The summed E-state index contributed by atoms with van der Waals surface area (Å²) in [5.41, 5.74) is 0.873. The van der Waals surface area contributed by atoms with Gasteiger partial charge in [-0.1, -0.05) is 35.3 Å². The Bertz CT molecular complexity index is 602. The highest BCUT2D eigenvalue weighted by molar-refractivity contribution is 7.99. The van der Waals surface area contributed by atoms with Crippen LogP contribution in [-0.2, 0) is 10.5 Å². The van der Waals surface area contributed by atoms with E-state index in [9.17, 15) is 4.79 Å². The van der Waals surface area contributed by atoms with Gasteiger partial charge >= 0.3 is 0 Å². The molecule has 0 saturated heterocycles. The molecule has 21 heavy (non-hydrogen) atoms. The molecular formula is C15H15Cl2NOS2. The van der Waals surface area contributed by atoms with Crippen molar-refractivity contribution in [1.82, 2.24) is 5.32 Å². The standard InChI is InChI=1S/C15H15Cl2NOS2/c1-10(13-5-4-11(16)7-14(13)17)18-15(19)9-20-8-12-3-2-6-21-12/h2-7,10H,8-9H2,1H3,(H,18,19). The maximum absolute atomic E-state index is 11.9. The third kappa shape index (κ3) is 5.22. The van der Waals surface area contributed by atoms with Gasteiger partial charge in [-0.05, 0) is 36.1 Å².